The van der Waals surface area contributed by atoms with Gasteiger partial charge in [0, 0.05) is 0 Å². The van der Waals surface area contributed by atoms with Crippen molar-refractivity contribution in [3.63, 3.8) is 0 Å². The number of ether oxygens (including phenoxy) is 1. The summed E-state index contributed by atoms with van der Waals surface area (Å²) >= 11 is 0. The smallest absolute Gasteiger partial charge is 0.193 e. The SMILES string of the molecule is C=C/C=C1/C(N)=NC=NN1[C@]1(C)O[C@H](CO)[C@@H](O)[C@H]1F. The maximum atomic E-state index is 14.4. The average Bonchev–Trinajstić information content (AvgIpc) is 2.66. The molecule has 4 atom stereocenters. The van der Waals surface area contributed by atoms with Gasteiger partial charge in [0.05, 0.1) is 6.61 Å². The Kier molecular flexibility index (Phi) is 3.89. The topological polar surface area (TPSA) is 104 Å². The molecule has 1 fully saturated rings. The third kappa shape index (κ3) is 2.11. The van der Waals surface area contributed by atoms with E-state index in [0.29, 0.717) is 5.70 Å². The summed E-state index contributed by atoms with van der Waals surface area (Å²) in [5.74, 6) is 0.124. The lowest BCUT2D eigenvalue weighted by molar-refractivity contribution is -0.148. The molecule has 2 rings (SSSR count). The molecule has 4 N–H and O–H groups in total. The maximum absolute atomic E-state index is 14.4. The molecule has 8 heteroatoms. The van der Waals surface area contributed by atoms with Gasteiger partial charge >= 0.3 is 0 Å². The Bertz CT molecular complexity index is 493. The number of hydrogen-bond donors (Lipinski definition) is 3. The van der Waals surface area contributed by atoms with Crippen molar-refractivity contribution in [2.45, 2.75) is 31.0 Å². The Morgan fingerprint density at radius 2 is 2.40 bits per heavy atom. The average molecular weight is 284 g/mol. The second kappa shape index (κ2) is 5.31. The fourth-order valence-electron chi connectivity index (χ4n) is 2.26. The summed E-state index contributed by atoms with van der Waals surface area (Å²) in [5, 5.41) is 24.0. The number of allylic oxidation sites excluding steroid dienone is 2. The molecule has 110 valence electrons. The predicted octanol–water partition coefficient (Wildman–Crippen LogP) is -0.521. The first kappa shape index (κ1) is 14.6. The zero-order valence-electron chi connectivity index (χ0n) is 11.0. The number of halogens is 1. The Morgan fingerprint density at radius 3 is 2.95 bits per heavy atom. The summed E-state index contributed by atoms with van der Waals surface area (Å²) < 4.78 is 19.8. The highest BCUT2D eigenvalue weighted by atomic mass is 19.1. The molecule has 0 amide bonds. The first-order chi connectivity index (χ1) is 9.45. The zero-order chi connectivity index (χ0) is 14.9. The van der Waals surface area contributed by atoms with Gasteiger partial charge in [-0.2, -0.15) is 5.10 Å². The summed E-state index contributed by atoms with van der Waals surface area (Å²) in [7, 11) is 0. The van der Waals surface area contributed by atoms with E-state index in [9.17, 15) is 9.50 Å². The summed E-state index contributed by atoms with van der Waals surface area (Å²) in [6.07, 6.45) is -0.140. The second-order valence-corrected chi connectivity index (χ2v) is 4.63. The molecule has 0 spiro atoms. The highest BCUT2D eigenvalue weighted by molar-refractivity contribution is 6.01. The number of aliphatic hydroxyl groups is 2. The molecule has 2 aliphatic heterocycles. The van der Waals surface area contributed by atoms with E-state index < -0.39 is 30.7 Å². The minimum absolute atomic E-state index is 0.124. The lowest BCUT2D eigenvalue weighted by atomic mass is 10.0. The fourth-order valence-corrected chi connectivity index (χ4v) is 2.26. The first-order valence-electron chi connectivity index (χ1n) is 6.05. The van der Waals surface area contributed by atoms with Crippen LogP contribution in [0, 0.1) is 0 Å². The molecule has 0 aromatic rings. The van der Waals surface area contributed by atoms with E-state index in [-0.39, 0.29) is 5.84 Å². The van der Waals surface area contributed by atoms with Crippen molar-refractivity contribution in [3.05, 3.63) is 24.4 Å². The van der Waals surface area contributed by atoms with Gasteiger partial charge in [-0.3, -0.25) is 0 Å². The van der Waals surface area contributed by atoms with E-state index >= 15 is 0 Å². The number of hydrogen-bond acceptors (Lipinski definition) is 7. The van der Waals surface area contributed by atoms with Gasteiger partial charge in [-0.1, -0.05) is 12.7 Å². The molecule has 20 heavy (non-hydrogen) atoms. The van der Waals surface area contributed by atoms with E-state index in [0.717, 1.165) is 6.34 Å². The Morgan fingerprint density at radius 1 is 1.70 bits per heavy atom. The van der Waals surface area contributed by atoms with Crippen molar-refractivity contribution in [2.75, 3.05) is 6.61 Å². The lowest BCUT2D eigenvalue weighted by Crippen LogP contribution is -2.52. The third-order valence-corrected chi connectivity index (χ3v) is 3.31. The molecule has 7 nitrogen and oxygen atoms in total. The van der Waals surface area contributed by atoms with E-state index in [2.05, 4.69) is 16.7 Å². The zero-order valence-corrected chi connectivity index (χ0v) is 11.0. The Labute approximate surface area is 115 Å². The number of alkyl halides is 1. The first-order valence-corrected chi connectivity index (χ1v) is 6.05. The molecule has 0 saturated carbocycles. The minimum atomic E-state index is -1.78. The van der Waals surface area contributed by atoms with E-state index in [1.54, 1.807) is 0 Å². The quantitative estimate of drug-likeness (QED) is 0.647. The van der Waals surface area contributed by atoms with Crippen molar-refractivity contribution in [2.24, 2.45) is 15.8 Å². The highest BCUT2D eigenvalue weighted by Crippen LogP contribution is 2.39. The van der Waals surface area contributed by atoms with Crippen molar-refractivity contribution >= 4 is 12.2 Å². The van der Waals surface area contributed by atoms with E-state index in [1.165, 1.54) is 24.1 Å². The van der Waals surface area contributed by atoms with Crippen LogP contribution >= 0.6 is 0 Å². The van der Waals surface area contributed by atoms with Crippen LogP contribution in [0.15, 0.2) is 34.5 Å². The van der Waals surface area contributed by atoms with Crippen LogP contribution < -0.4 is 5.73 Å². The Balaban J connectivity index is 2.39. The van der Waals surface area contributed by atoms with E-state index in [4.69, 9.17) is 15.6 Å². The second-order valence-electron chi connectivity index (χ2n) is 4.63. The highest BCUT2D eigenvalue weighted by Gasteiger charge is 2.57. The van der Waals surface area contributed by atoms with Crippen molar-refractivity contribution in [3.8, 4) is 0 Å². The maximum Gasteiger partial charge on any atom is 0.193 e. The lowest BCUT2D eigenvalue weighted by Gasteiger charge is -2.38. The number of aliphatic imine (C=N–C) groups is 1. The summed E-state index contributed by atoms with van der Waals surface area (Å²) in [4.78, 5) is 3.82. The molecular formula is C12H17FN4O3. The van der Waals surface area contributed by atoms with E-state index in [1.807, 2.05) is 0 Å². The molecule has 2 heterocycles. The molecule has 0 aliphatic carbocycles. The molecule has 0 radical (unpaired) electrons. The van der Waals surface area contributed by atoms with Crippen molar-refractivity contribution in [1.82, 2.24) is 5.01 Å². The standard InChI is InChI=1S/C12H17FN4O3/c1-3-4-7-11(14)15-6-16-17(7)12(2)10(13)9(19)8(5-18)20-12/h3-4,6,8-10,18-19H,1,5H2,2H3,(H2,14,15,16)/b7-4-/t8-,9-,10-,12-/m1/s1. The molecule has 0 aromatic heterocycles. The van der Waals surface area contributed by atoms with Crippen LogP contribution in [0.5, 0.6) is 0 Å². The number of hydrazone groups is 1. The molecular weight excluding hydrogens is 267 g/mol. The summed E-state index contributed by atoms with van der Waals surface area (Å²) in [5.41, 5.74) is 4.45. The van der Waals surface area contributed by atoms with Crippen LogP contribution in [0.1, 0.15) is 6.92 Å². The van der Waals surface area contributed by atoms with Gasteiger partial charge in [0.15, 0.2) is 17.7 Å². The van der Waals surface area contributed by atoms with Gasteiger partial charge in [0.2, 0.25) is 0 Å². The van der Waals surface area contributed by atoms with Gasteiger partial charge in [-0.05, 0) is 13.0 Å². The van der Waals surface area contributed by atoms with Crippen LogP contribution in [0.3, 0.4) is 0 Å². The summed E-state index contributed by atoms with van der Waals surface area (Å²) in [6, 6.07) is 0. The van der Waals surface area contributed by atoms with Crippen LogP contribution in [-0.4, -0.2) is 58.1 Å². The largest absolute Gasteiger partial charge is 0.394 e. The third-order valence-electron chi connectivity index (χ3n) is 3.31. The van der Waals surface area contributed by atoms with Gasteiger partial charge < -0.3 is 20.7 Å². The van der Waals surface area contributed by atoms with Gasteiger partial charge in [0.1, 0.15) is 24.2 Å². The van der Waals surface area contributed by atoms with Gasteiger partial charge in [0.25, 0.3) is 0 Å². The van der Waals surface area contributed by atoms with Gasteiger partial charge in [-0.25, -0.2) is 14.4 Å². The molecule has 0 bridgehead atoms. The molecule has 0 unspecified atom stereocenters. The van der Waals surface area contributed by atoms with Crippen LogP contribution in [0.2, 0.25) is 0 Å². The monoisotopic (exact) mass is 284 g/mol. The van der Waals surface area contributed by atoms with Crippen LogP contribution in [0.4, 0.5) is 4.39 Å². The van der Waals surface area contributed by atoms with Crippen molar-refractivity contribution < 1.29 is 19.3 Å². The minimum Gasteiger partial charge on any atom is -0.394 e. The fraction of sp³-hybridized carbons (Fsp3) is 0.500. The normalized spacial score (nSPS) is 39.2. The molecule has 1 saturated heterocycles. The number of nitrogens with two attached hydrogens (primary N) is 1. The summed E-state index contributed by atoms with van der Waals surface area (Å²) in [6.45, 7) is 4.47. The predicted molar refractivity (Wildman–Crippen MR) is 71.5 cm³/mol. The van der Waals surface area contributed by atoms with Crippen LogP contribution in [0.25, 0.3) is 0 Å². The molecule has 0 aromatic carbocycles. The van der Waals surface area contributed by atoms with Crippen LogP contribution in [-0.2, 0) is 4.74 Å². The number of nitrogens with zero attached hydrogens (tertiary/aromatic N) is 3. The Hall–Kier alpha value is -1.77. The number of amidine groups is 1. The molecule has 2 aliphatic rings. The number of rotatable bonds is 3. The number of aliphatic hydroxyl groups excluding tert-OH is 2. The van der Waals surface area contributed by atoms with Gasteiger partial charge in [-0.15, -0.1) is 0 Å². The van der Waals surface area contributed by atoms with Crippen molar-refractivity contribution in [1.29, 1.82) is 0 Å².